The number of nitrogens with one attached hydrogen (secondary N) is 1. The van der Waals surface area contributed by atoms with E-state index in [0.717, 1.165) is 29.1 Å². The van der Waals surface area contributed by atoms with Crippen molar-refractivity contribution >= 4 is 11.8 Å². The monoisotopic (exact) mass is 392 g/mol. The number of hydrogen-bond acceptors (Lipinski definition) is 4. The van der Waals surface area contributed by atoms with Crippen molar-refractivity contribution in [2.45, 2.75) is 39.3 Å². The molecule has 7 heteroatoms. The Morgan fingerprint density at radius 1 is 1.17 bits per heavy atom. The number of benzene rings is 1. The van der Waals surface area contributed by atoms with Crippen LogP contribution in [0.3, 0.4) is 0 Å². The predicted molar refractivity (Wildman–Crippen MR) is 108 cm³/mol. The first kappa shape index (κ1) is 19.0. The zero-order chi connectivity index (χ0) is 20.4. The maximum Gasteiger partial charge on any atom is 0.290 e. The summed E-state index contributed by atoms with van der Waals surface area (Å²) >= 11 is 0. The van der Waals surface area contributed by atoms with Gasteiger partial charge in [-0.3, -0.25) is 9.59 Å². The summed E-state index contributed by atoms with van der Waals surface area (Å²) in [4.78, 5) is 27.0. The van der Waals surface area contributed by atoms with Crippen LogP contribution in [0, 0.1) is 13.8 Å². The lowest BCUT2D eigenvalue weighted by Gasteiger charge is -2.23. The number of rotatable bonds is 5. The van der Waals surface area contributed by atoms with Crippen molar-refractivity contribution < 1.29 is 14.0 Å². The average Bonchev–Trinajstić information content (AvgIpc) is 3.48. The molecule has 1 fully saturated rings. The fourth-order valence-corrected chi connectivity index (χ4v) is 3.87. The third-order valence-corrected chi connectivity index (χ3v) is 5.43. The minimum absolute atomic E-state index is 0.145. The molecule has 0 aliphatic carbocycles. The molecule has 0 saturated carbocycles. The molecular weight excluding hydrogens is 368 g/mol. The van der Waals surface area contributed by atoms with Gasteiger partial charge < -0.3 is 14.6 Å². The van der Waals surface area contributed by atoms with Crippen LogP contribution in [0.1, 0.15) is 40.3 Å². The van der Waals surface area contributed by atoms with Gasteiger partial charge in [0.15, 0.2) is 5.76 Å². The van der Waals surface area contributed by atoms with E-state index >= 15 is 0 Å². The zero-order valence-electron chi connectivity index (χ0n) is 16.6. The van der Waals surface area contributed by atoms with Gasteiger partial charge in [0, 0.05) is 24.3 Å². The van der Waals surface area contributed by atoms with Gasteiger partial charge in [-0.25, -0.2) is 4.68 Å². The van der Waals surface area contributed by atoms with E-state index in [1.165, 1.54) is 6.26 Å². The first-order valence-corrected chi connectivity index (χ1v) is 9.79. The van der Waals surface area contributed by atoms with E-state index in [0.29, 0.717) is 19.5 Å². The molecule has 1 unspecified atom stereocenters. The molecule has 1 aliphatic rings. The number of aromatic nitrogens is 2. The van der Waals surface area contributed by atoms with E-state index in [-0.39, 0.29) is 17.6 Å². The lowest BCUT2D eigenvalue weighted by Crippen LogP contribution is -2.45. The van der Waals surface area contributed by atoms with Gasteiger partial charge in [0.05, 0.1) is 17.6 Å². The molecule has 2 amide bonds. The second-order valence-electron chi connectivity index (χ2n) is 7.25. The van der Waals surface area contributed by atoms with Gasteiger partial charge in [-0.15, -0.1) is 0 Å². The molecule has 0 spiro atoms. The number of furan rings is 1. The third kappa shape index (κ3) is 3.68. The summed E-state index contributed by atoms with van der Waals surface area (Å²) in [6, 6.07) is 12.7. The molecule has 4 rings (SSSR count). The Labute approximate surface area is 169 Å². The molecule has 1 aliphatic heterocycles. The smallest absolute Gasteiger partial charge is 0.290 e. The number of carbonyl (C=O) groups is 2. The number of carbonyl (C=O) groups excluding carboxylic acids is 2. The highest BCUT2D eigenvalue weighted by Gasteiger charge is 2.35. The lowest BCUT2D eigenvalue weighted by atomic mass is 10.1. The molecule has 0 bridgehead atoms. The molecule has 1 N–H and O–H groups in total. The summed E-state index contributed by atoms with van der Waals surface area (Å²) in [5, 5.41) is 7.62. The zero-order valence-corrected chi connectivity index (χ0v) is 16.6. The Balaban J connectivity index is 1.46. The Hall–Kier alpha value is -3.35. The number of para-hydroxylation sites is 1. The molecule has 0 radical (unpaired) electrons. The van der Waals surface area contributed by atoms with Crippen molar-refractivity contribution in [3.8, 4) is 5.69 Å². The molecular formula is C22H24N4O3. The second kappa shape index (κ2) is 7.95. The van der Waals surface area contributed by atoms with Crippen molar-refractivity contribution in [2.24, 2.45) is 0 Å². The normalized spacial score (nSPS) is 16.2. The van der Waals surface area contributed by atoms with E-state index in [1.54, 1.807) is 17.0 Å². The average molecular weight is 392 g/mol. The van der Waals surface area contributed by atoms with Crippen molar-refractivity contribution in [3.63, 3.8) is 0 Å². The highest BCUT2D eigenvalue weighted by molar-refractivity contribution is 5.96. The van der Waals surface area contributed by atoms with Gasteiger partial charge in [-0.2, -0.15) is 5.10 Å². The summed E-state index contributed by atoms with van der Waals surface area (Å²) in [5.74, 6) is -0.119. The van der Waals surface area contributed by atoms with Gasteiger partial charge in [-0.05, 0) is 51.0 Å². The number of amides is 2. The molecule has 1 aromatic carbocycles. The molecule has 1 saturated heterocycles. The van der Waals surface area contributed by atoms with Gasteiger partial charge in [0.25, 0.3) is 5.91 Å². The molecule has 29 heavy (non-hydrogen) atoms. The third-order valence-electron chi connectivity index (χ3n) is 5.43. The van der Waals surface area contributed by atoms with Crippen LogP contribution in [-0.4, -0.2) is 39.1 Å². The van der Waals surface area contributed by atoms with Crippen LogP contribution in [0.25, 0.3) is 5.69 Å². The van der Waals surface area contributed by atoms with E-state index < -0.39 is 6.04 Å². The first-order valence-electron chi connectivity index (χ1n) is 9.79. The Kier molecular flexibility index (Phi) is 5.20. The Bertz CT molecular complexity index is 1010. The maximum atomic E-state index is 12.8. The van der Waals surface area contributed by atoms with Crippen LogP contribution in [0.5, 0.6) is 0 Å². The van der Waals surface area contributed by atoms with Crippen molar-refractivity contribution in [1.29, 1.82) is 0 Å². The van der Waals surface area contributed by atoms with Crippen molar-refractivity contribution in [2.75, 3.05) is 6.54 Å². The fraction of sp³-hybridized carbons (Fsp3) is 0.318. The topological polar surface area (TPSA) is 80.4 Å². The standard InChI is InChI=1S/C22H24N4O3/c1-15-18(16(2)26(24-15)17-8-4-3-5-9-17)14-23-21(27)19-10-6-12-25(19)22(28)20-11-7-13-29-20/h3-5,7-9,11,13,19H,6,10,12,14H2,1-2H3,(H,23,27). The molecule has 1 atom stereocenters. The molecule has 150 valence electrons. The van der Waals surface area contributed by atoms with Crippen molar-refractivity contribution in [1.82, 2.24) is 20.0 Å². The number of likely N-dealkylation sites (tertiary alicyclic amines) is 1. The lowest BCUT2D eigenvalue weighted by molar-refractivity contribution is -0.125. The van der Waals surface area contributed by atoms with Crippen LogP contribution in [0.4, 0.5) is 0 Å². The fourth-order valence-electron chi connectivity index (χ4n) is 3.87. The maximum absolute atomic E-state index is 12.8. The van der Waals surface area contributed by atoms with Crippen LogP contribution < -0.4 is 5.32 Å². The molecule has 3 heterocycles. The minimum atomic E-state index is -0.475. The molecule has 7 nitrogen and oxygen atoms in total. The highest BCUT2D eigenvalue weighted by Crippen LogP contribution is 2.22. The number of aryl methyl sites for hydroxylation is 1. The number of hydrogen-bond donors (Lipinski definition) is 1. The van der Waals surface area contributed by atoms with E-state index in [4.69, 9.17) is 4.42 Å². The largest absolute Gasteiger partial charge is 0.459 e. The van der Waals surface area contributed by atoms with E-state index in [2.05, 4.69) is 10.4 Å². The first-order chi connectivity index (χ1) is 14.1. The minimum Gasteiger partial charge on any atom is -0.459 e. The van der Waals surface area contributed by atoms with Gasteiger partial charge >= 0.3 is 0 Å². The van der Waals surface area contributed by atoms with Gasteiger partial charge in [-0.1, -0.05) is 18.2 Å². The predicted octanol–water partition coefficient (Wildman–Crippen LogP) is 3.00. The van der Waals surface area contributed by atoms with Gasteiger partial charge in [0.1, 0.15) is 6.04 Å². The SMILES string of the molecule is Cc1nn(-c2ccccc2)c(C)c1CNC(=O)C1CCCN1C(=O)c1ccco1. The summed E-state index contributed by atoms with van der Waals surface area (Å²) in [6.45, 7) is 4.87. The summed E-state index contributed by atoms with van der Waals surface area (Å²) in [5.41, 5.74) is 3.84. The highest BCUT2D eigenvalue weighted by atomic mass is 16.3. The van der Waals surface area contributed by atoms with Crippen LogP contribution in [0.15, 0.2) is 53.1 Å². The van der Waals surface area contributed by atoms with Crippen LogP contribution in [-0.2, 0) is 11.3 Å². The van der Waals surface area contributed by atoms with Crippen LogP contribution >= 0.6 is 0 Å². The van der Waals surface area contributed by atoms with E-state index in [1.807, 2.05) is 48.9 Å². The Morgan fingerprint density at radius 2 is 1.97 bits per heavy atom. The summed E-state index contributed by atoms with van der Waals surface area (Å²) in [6.07, 6.45) is 2.92. The second-order valence-corrected chi connectivity index (χ2v) is 7.25. The van der Waals surface area contributed by atoms with Gasteiger partial charge in [0.2, 0.25) is 5.91 Å². The summed E-state index contributed by atoms with van der Waals surface area (Å²) < 4.78 is 7.10. The van der Waals surface area contributed by atoms with Crippen LogP contribution in [0.2, 0.25) is 0 Å². The van der Waals surface area contributed by atoms with Crippen molar-refractivity contribution in [3.05, 3.63) is 71.4 Å². The molecule has 3 aromatic rings. The quantitative estimate of drug-likeness (QED) is 0.724. The molecule has 2 aromatic heterocycles. The Morgan fingerprint density at radius 3 is 2.69 bits per heavy atom. The summed E-state index contributed by atoms with van der Waals surface area (Å²) in [7, 11) is 0. The van der Waals surface area contributed by atoms with E-state index in [9.17, 15) is 9.59 Å². The number of nitrogens with zero attached hydrogens (tertiary/aromatic N) is 3.